The Morgan fingerprint density at radius 1 is 1.47 bits per heavy atom. The number of furan rings is 1. The second-order valence-electron chi connectivity index (χ2n) is 2.66. The number of ether oxygens (including phenoxy) is 1. The van der Waals surface area contributed by atoms with E-state index in [0.717, 1.165) is 5.33 Å². The van der Waals surface area contributed by atoms with Crippen LogP contribution in [0.2, 0.25) is 0 Å². The monoisotopic (exact) mass is 339 g/mol. The van der Waals surface area contributed by atoms with Crippen molar-refractivity contribution in [3.63, 3.8) is 0 Å². The van der Waals surface area contributed by atoms with Crippen LogP contribution in [0.5, 0.6) is 0 Å². The molecule has 0 saturated heterocycles. The molecule has 1 amide bonds. The van der Waals surface area contributed by atoms with Crippen molar-refractivity contribution in [1.29, 1.82) is 0 Å². The quantitative estimate of drug-likeness (QED) is 0.638. The minimum absolute atomic E-state index is 0.233. The number of nitrogens with one attached hydrogen (secondary N) is 1. The first kappa shape index (κ1) is 12.7. The van der Waals surface area contributed by atoms with Crippen LogP contribution in [0.15, 0.2) is 21.2 Å². The summed E-state index contributed by atoms with van der Waals surface area (Å²) in [6.07, 6.45) is 0. The molecule has 1 aromatic rings. The van der Waals surface area contributed by atoms with Crippen molar-refractivity contribution in [3.05, 3.63) is 22.6 Å². The van der Waals surface area contributed by atoms with E-state index in [1.807, 2.05) is 0 Å². The van der Waals surface area contributed by atoms with Gasteiger partial charge in [0, 0.05) is 11.9 Å². The second kappa shape index (κ2) is 7.03. The Balaban J connectivity index is 2.19. The number of carbonyl (C=O) groups is 1. The number of amides is 1. The van der Waals surface area contributed by atoms with Gasteiger partial charge in [-0.1, -0.05) is 15.9 Å². The van der Waals surface area contributed by atoms with Crippen molar-refractivity contribution in [2.24, 2.45) is 0 Å². The molecular weight excluding hydrogens is 330 g/mol. The molecule has 84 valence electrons. The normalized spacial score (nSPS) is 10.3. The highest BCUT2D eigenvalue weighted by atomic mass is 79.9. The van der Waals surface area contributed by atoms with Crippen LogP contribution in [-0.2, 0) is 4.74 Å². The van der Waals surface area contributed by atoms with E-state index >= 15 is 0 Å². The Hall–Kier alpha value is -0.330. The lowest BCUT2D eigenvalue weighted by molar-refractivity contribution is 0.0896. The molecule has 0 bridgehead atoms. The van der Waals surface area contributed by atoms with Gasteiger partial charge in [-0.15, -0.1) is 0 Å². The summed E-state index contributed by atoms with van der Waals surface area (Å²) < 4.78 is 10.8. The maximum absolute atomic E-state index is 11.4. The van der Waals surface area contributed by atoms with E-state index in [1.165, 1.54) is 0 Å². The summed E-state index contributed by atoms with van der Waals surface area (Å²) in [5.41, 5.74) is 0. The zero-order valence-electron chi connectivity index (χ0n) is 7.96. The molecule has 1 heterocycles. The van der Waals surface area contributed by atoms with E-state index in [1.54, 1.807) is 12.1 Å². The summed E-state index contributed by atoms with van der Waals surface area (Å²) in [5, 5.41) is 3.48. The van der Waals surface area contributed by atoms with Crippen LogP contribution in [0.3, 0.4) is 0 Å². The van der Waals surface area contributed by atoms with Crippen molar-refractivity contribution in [2.45, 2.75) is 0 Å². The fourth-order valence-corrected chi connectivity index (χ4v) is 1.45. The molecule has 0 saturated carbocycles. The van der Waals surface area contributed by atoms with E-state index in [9.17, 15) is 4.79 Å². The minimum atomic E-state index is -0.233. The molecule has 6 heteroatoms. The van der Waals surface area contributed by atoms with Gasteiger partial charge in [0.05, 0.1) is 13.2 Å². The highest BCUT2D eigenvalue weighted by Crippen LogP contribution is 2.13. The number of halogens is 2. The van der Waals surface area contributed by atoms with Gasteiger partial charge in [-0.2, -0.15) is 0 Å². The Kier molecular flexibility index (Phi) is 5.97. The first-order chi connectivity index (χ1) is 7.24. The van der Waals surface area contributed by atoms with Crippen molar-refractivity contribution < 1.29 is 13.9 Å². The molecule has 0 fully saturated rings. The molecule has 0 spiro atoms. The van der Waals surface area contributed by atoms with Gasteiger partial charge in [-0.3, -0.25) is 4.79 Å². The summed E-state index contributed by atoms with van der Waals surface area (Å²) in [5.74, 6) is 0.0607. The van der Waals surface area contributed by atoms with Crippen molar-refractivity contribution >= 4 is 37.8 Å². The topological polar surface area (TPSA) is 51.5 Å². The lowest BCUT2D eigenvalue weighted by atomic mass is 10.4. The first-order valence-corrected chi connectivity index (χ1v) is 6.32. The van der Waals surface area contributed by atoms with E-state index in [2.05, 4.69) is 37.2 Å². The summed E-state index contributed by atoms with van der Waals surface area (Å²) in [6, 6.07) is 3.29. The van der Waals surface area contributed by atoms with Gasteiger partial charge in [0.2, 0.25) is 0 Å². The number of carbonyl (C=O) groups excluding carboxylic acids is 1. The third-order valence-corrected chi connectivity index (χ3v) is 2.30. The highest BCUT2D eigenvalue weighted by Gasteiger charge is 2.08. The van der Waals surface area contributed by atoms with Gasteiger partial charge in [-0.05, 0) is 28.1 Å². The molecule has 0 aromatic carbocycles. The number of hydrogen-bond donors (Lipinski definition) is 1. The minimum Gasteiger partial charge on any atom is -0.444 e. The summed E-state index contributed by atoms with van der Waals surface area (Å²) in [7, 11) is 0. The standard InChI is InChI=1S/C9H11Br2NO3/c10-3-5-14-6-4-12-9(13)7-1-2-8(11)15-7/h1-2H,3-6H2,(H,12,13). The molecule has 0 radical (unpaired) electrons. The molecular formula is C9H11Br2NO3. The van der Waals surface area contributed by atoms with Gasteiger partial charge in [0.1, 0.15) is 0 Å². The Morgan fingerprint density at radius 3 is 2.87 bits per heavy atom. The molecule has 0 atom stereocenters. The number of hydrogen-bond acceptors (Lipinski definition) is 3. The maximum Gasteiger partial charge on any atom is 0.287 e. The molecule has 1 aromatic heterocycles. The van der Waals surface area contributed by atoms with Crippen molar-refractivity contribution in [2.75, 3.05) is 25.1 Å². The molecule has 1 rings (SSSR count). The fraction of sp³-hybridized carbons (Fsp3) is 0.444. The van der Waals surface area contributed by atoms with Crippen molar-refractivity contribution in [1.82, 2.24) is 5.32 Å². The zero-order valence-corrected chi connectivity index (χ0v) is 11.1. The zero-order chi connectivity index (χ0) is 11.1. The first-order valence-electron chi connectivity index (χ1n) is 4.41. The Morgan fingerprint density at radius 2 is 2.27 bits per heavy atom. The summed E-state index contributed by atoms with van der Waals surface area (Å²) >= 11 is 6.36. The smallest absolute Gasteiger partial charge is 0.287 e. The lowest BCUT2D eigenvalue weighted by Crippen LogP contribution is -2.27. The van der Waals surface area contributed by atoms with E-state index in [-0.39, 0.29) is 5.91 Å². The molecule has 4 nitrogen and oxygen atoms in total. The predicted molar refractivity (Wildman–Crippen MR) is 63.4 cm³/mol. The second-order valence-corrected chi connectivity index (χ2v) is 4.24. The average molecular weight is 341 g/mol. The fourth-order valence-electron chi connectivity index (χ4n) is 0.917. The van der Waals surface area contributed by atoms with E-state index < -0.39 is 0 Å². The van der Waals surface area contributed by atoms with E-state index in [4.69, 9.17) is 9.15 Å². The Bertz CT molecular complexity index is 314. The summed E-state index contributed by atoms with van der Waals surface area (Å²) in [6.45, 7) is 1.62. The molecule has 0 aliphatic carbocycles. The van der Waals surface area contributed by atoms with Crippen LogP contribution in [0.1, 0.15) is 10.6 Å². The largest absolute Gasteiger partial charge is 0.444 e. The third kappa shape index (κ3) is 4.81. The lowest BCUT2D eigenvalue weighted by Gasteiger charge is -2.03. The molecule has 1 N–H and O–H groups in total. The van der Waals surface area contributed by atoms with Crippen LogP contribution in [-0.4, -0.2) is 31.0 Å². The van der Waals surface area contributed by atoms with Gasteiger partial charge in [0.25, 0.3) is 5.91 Å². The van der Waals surface area contributed by atoms with Crippen LogP contribution in [0.25, 0.3) is 0 Å². The van der Waals surface area contributed by atoms with Crippen LogP contribution in [0.4, 0.5) is 0 Å². The molecule has 0 aliphatic rings. The van der Waals surface area contributed by atoms with Gasteiger partial charge in [0.15, 0.2) is 10.4 Å². The third-order valence-electron chi connectivity index (χ3n) is 1.55. The van der Waals surface area contributed by atoms with Gasteiger partial charge < -0.3 is 14.5 Å². The maximum atomic E-state index is 11.4. The van der Waals surface area contributed by atoms with Crippen LogP contribution in [0, 0.1) is 0 Å². The van der Waals surface area contributed by atoms with Crippen molar-refractivity contribution in [3.8, 4) is 0 Å². The highest BCUT2D eigenvalue weighted by molar-refractivity contribution is 9.10. The molecule has 0 unspecified atom stereocenters. The van der Waals surface area contributed by atoms with Gasteiger partial charge >= 0.3 is 0 Å². The molecule has 0 aliphatic heterocycles. The number of alkyl halides is 1. The SMILES string of the molecule is O=C(NCCOCCBr)c1ccc(Br)o1. The summed E-state index contributed by atoms with van der Waals surface area (Å²) in [4.78, 5) is 11.4. The average Bonchev–Trinajstić information content (AvgIpc) is 2.64. The van der Waals surface area contributed by atoms with Gasteiger partial charge in [-0.25, -0.2) is 0 Å². The van der Waals surface area contributed by atoms with Crippen LogP contribution < -0.4 is 5.32 Å². The van der Waals surface area contributed by atoms with Crippen LogP contribution >= 0.6 is 31.9 Å². The predicted octanol–water partition coefficient (Wildman–Crippen LogP) is 2.18. The molecule has 15 heavy (non-hydrogen) atoms. The Labute approximate surface area is 105 Å². The van der Waals surface area contributed by atoms with E-state index in [0.29, 0.717) is 30.2 Å². The number of rotatable bonds is 6.